The zero-order valence-corrected chi connectivity index (χ0v) is 26.0. The third kappa shape index (κ3) is 6.78. The van der Waals surface area contributed by atoms with Gasteiger partial charge in [0.1, 0.15) is 23.0 Å². The van der Waals surface area contributed by atoms with Gasteiger partial charge in [-0.05, 0) is 111 Å². The highest BCUT2D eigenvalue weighted by molar-refractivity contribution is 5.79. The molecule has 0 N–H and O–H groups in total. The minimum Gasteiger partial charge on any atom is -0.497 e. The van der Waals surface area contributed by atoms with Gasteiger partial charge in [0.05, 0.1) is 14.2 Å². The van der Waals surface area contributed by atoms with E-state index in [1.165, 1.54) is 11.1 Å². The number of hydrogen-bond donors (Lipinski definition) is 0. The van der Waals surface area contributed by atoms with E-state index < -0.39 is 0 Å². The molecule has 0 saturated heterocycles. The Morgan fingerprint density at radius 1 is 0.356 bits per heavy atom. The van der Waals surface area contributed by atoms with Crippen molar-refractivity contribution in [2.24, 2.45) is 0 Å². The lowest BCUT2D eigenvalue weighted by Gasteiger charge is -2.26. The van der Waals surface area contributed by atoms with Gasteiger partial charge in [-0.3, -0.25) is 0 Å². The summed E-state index contributed by atoms with van der Waals surface area (Å²) in [7, 11) is 3.37. The smallest absolute Gasteiger partial charge is 0.127 e. The van der Waals surface area contributed by atoms with Crippen LogP contribution < -0.4 is 24.0 Å². The summed E-state index contributed by atoms with van der Waals surface area (Å²) in [4.78, 5) is 4.41. The van der Waals surface area contributed by atoms with Crippen molar-refractivity contribution >= 4 is 34.1 Å². The molecule has 0 bridgehead atoms. The molecule has 0 unspecified atom stereocenters. The molecule has 0 atom stereocenters. The SMILES string of the molecule is COc1cccc(N(c2ccc(C)cc2)c2ccc(Oc3ccc(N(c4ccc(C)cc4)c4cccc(OC)c4)cc3)cc2)c1. The second-order valence-electron chi connectivity index (χ2n) is 10.8. The van der Waals surface area contributed by atoms with Crippen molar-refractivity contribution in [1.29, 1.82) is 0 Å². The van der Waals surface area contributed by atoms with Crippen LogP contribution >= 0.6 is 0 Å². The van der Waals surface area contributed by atoms with Crippen LogP contribution in [0.1, 0.15) is 11.1 Å². The van der Waals surface area contributed by atoms with Gasteiger partial charge in [0, 0.05) is 46.3 Å². The first-order valence-corrected chi connectivity index (χ1v) is 14.9. The van der Waals surface area contributed by atoms with E-state index in [0.717, 1.165) is 57.1 Å². The Kier molecular flexibility index (Phi) is 8.70. The first-order valence-electron chi connectivity index (χ1n) is 14.9. The molecule has 6 aromatic carbocycles. The molecule has 0 aliphatic carbocycles. The summed E-state index contributed by atoms with van der Waals surface area (Å²) in [6.07, 6.45) is 0. The second-order valence-corrected chi connectivity index (χ2v) is 10.8. The fourth-order valence-electron chi connectivity index (χ4n) is 5.24. The van der Waals surface area contributed by atoms with Gasteiger partial charge in [-0.25, -0.2) is 0 Å². The largest absolute Gasteiger partial charge is 0.497 e. The van der Waals surface area contributed by atoms with E-state index >= 15 is 0 Å². The molecule has 224 valence electrons. The quantitative estimate of drug-likeness (QED) is 0.158. The summed E-state index contributed by atoms with van der Waals surface area (Å²) in [5, 5.41) is 0. The molecular formula is C40H36N2O3. The van der Waals surface area contributed by atoms with Gasteiger partial charge in [0.2, 0.25) is 0 Å². The molecule has 0 aliphatic heterocycles. The van der Waals surface area contributed by atoms with Gasteiger partial charge in [0.15, 0.2) is 0 Å². The lowest BCUT2D eigenvalue weighted by Crippen LogP contribution is -2.10. The first kappa shape index (κ1) is 29.4. The Hall–Kier alpha value is -5.68. The maximum Gasteiger partial charge on any atom is 0.127 e. The molecule has 6 aromatic rings. The molecular weight excluding hydrogens is 556 g/mol. The van der Waals surface area contributed by atoms with E-state index in [0.29, 0.717) is 0 Å². The molecule has 6 rings (SSSR count). The number of aryl methyl sites for hydroxylation is 2. The van der Waals surface area contributed by atoms with Crippen LogP contribution in [0.15, 0.2) is 146 Å². The first-order chi connectivity index (χ1) is 22.0. The molecule has 5 heteroatoms. The molecule has 5 nitrogen and oxygen atoms in total. The fraction of sp³-hybridized carbons (Fsp3) is 0.100. The summed E-state index contributed by atoms with van der Waals surface area (Å²) >= 11 is 0. The predicted molar refractivity (Wildman–Crippen MR) is 185 cm³/mol. The van der Waals surface area contributed by atoms with E-state index in [1.54, 1.807) is 14.2 Å². The van der Waals surface area contributed by atoms with Crippen LogP contribution in [-0.2, 0) is 0 Å². The Labute approximate surface area is 265 Å². The van der Waals surface area contributed by atoms with E-state index in [2.05, 4.69) is 109 Å². The highest BCUT2D eigenvalue weighted by Gasteiger charge is 2.15. The number of hydrogen-bond acceptors (Lipinski definition) is 5. The van der Waals surface area contributed by atoms with Crippen LogP contribution in [0, 0.1) is 13.8 Å². The Balaban J connectivity index is 1.26. The average molecular weight is 593 g/mol. The van der Waals surface area contributed by atoms with Crippen LogP contribution in [0.5, 0.6) is 23.0 Å². The van der Waals surface area contributed by atoms with E-state index in [9.17, 15) is 0 Å². The van der Waals surface area contributed by atoms with Gasteiger partial charge in [0.25, 0.3) is 0 Å². The van der Waals surface area contributed by atoms with Crippen molar-refractivity contribution in [1.82, 2.24) is 0 Å². The maximum atomic E-state index is 6.30. The molecule has 0 heterocycles. The average Bonchev–Trinajstić information content (AvgIpc) is 3.08. The Morgan fingerprint density at radius 3 is 1.02 bits per heavy atom. The standard InChI is InChI=1S/C40H36N2O3/c1-29-11-15-31(16-12-29)41(35-7-5-9-39(27-35)43-3)33-19-23-37(24-20-33)45-38-25-21-34(22-26-38)42(32-17-13-30(2)14-18-32)36-8-6-10-40(28-36)44-4/h5-28H,1-4H3. The summed E-state index contributed by atoms with van der Waals surface area (Å²) < 4.78 is 17.3. The lowest BCUT2D eigenvalue weighted by molar-refractivity contribution is 0.415. The molecule has 0 amide bonds. The zero-order chi connectivity index (χ0) is 31.2. The number of benzene rings is 6. The number of ether oxygens (including phenoxy) is 3. The monoisotopic (exact) mass is 592 g/mol. The summed E-state index contributed by atoms with van der Waals surface area (Å²) in [6.45, 7) is 4.19. The predicted octanol–water partition coefficient (Wildman–Crippen LogP) is 11.1. The van der Waals surface area contributed by atoms with Gasteiger partial charge >= 0.3 is 0 Å². The summed E-state index contributed by atoms with van der Waals surface area (Å²) in [5.41, 5.74) is 8.60. The van der Waals surface area contributed by atoms with E-state index in [1.807, 2.05) is 60.7 Å². The Bertz CT molecular complexity index is 1710. The van der Waals surface area contributed by atoms with Gasteiger partial charge in [-0.1, -0.05) is 47.5 Å². The summed E-state index contributed by atoms with van der Waals surface area (Å²) in [5.74, 6) is 3.12. The van der Waals surface area contributed by atoms with Crippen LogP contribution in [-0.4, -0.2) is 14.2 Å². The normalized spacial score (nSPS) is 10.7. The van der Waals surface area contributed by atoms with E-state index in [4.69, 9.17) is 14.2 Å². The number of anilines is 6. The van der Waals surface area contributed by atoms with Crippen molar-refractivity contribution in [3.8, 4) is 23.0 Å². The second kappa shape index (κ2) is 13.3. The highest BCUT2D eigenvalue weighted by atomic mass is 16.5. The molecule has 0 aliphatic rings. The third-order valence-corrected chi connectivity index (χ3v) is 7.63. The topological polar surface area (TPSA) is 34.2 Å². The van der Waals surface area contributed by atoms with Gasteiger partial charge in [-0.15, -0.1) is 0 Å². The summed E-state index contributed by atoms with van der Waals surface area (Å²) in [6, 6.07) is 49.5. The molecule has 0 radical (unpaired) electrons. The minimum absolute atomic E-state index is 0.754. The maximum absolute atomic E-state index is 6.30. The number of methoxy groups -OCH3 is 2. The van der Waals surface area contributed by atoms with Crippen LogP contribution in [0.3, 0.4) is 0 Å². The molecule has 0 spiro atoms. The van der Waals surface area contributed by atoms with Crippen molar-refractivity contribution in [2.45, 2.75) is 13.8 Å². The van der Waals surface area contributed by atoms with Crippen LogP contribution in [0.4, 0.5) is 34.1 Å². The number of nitrogens with zero attached hydrogens (tertiary/aromatic N) is 2. The van der Waals surface area contributed by atoms with Crippen molar-refractivity contribution in [3.05, 3.63) is 157 Å². The van der Waals surface area contributed by atoms with E-state index in [-0.39, 0.29) is 0 Å². The molecule has 45 heavy (non-hydrogen) atoms. The van der Waals surface area contributed by atoms with Crippen molar-refractivity contribution < 1.29 is 14.2 Å². The van der Waals surface area contributed by atoms with Crippen LogP contribution in [0.2, 0.25) is 0 Å². The Morgan fingerprint density at radius 2 is 0.689 bits per heavy atom. The fourth-order valence-corrected chi connectivity index (χ4v) is 5.24. The zero-order valence-electron chi connectivity index (χ0n) is 26.0. The van der Waals surface area contributed by atoms with Gasteiger partial charge in [-0.2, -0.15) is 0 Å². The van der Waals surface area contributed by atoms with Crippen molar-refractivity contribution in [3.63, 3.8) is 0 Å². The van der Waals surface area contributed by atoms with Crippen LogP contribution in [0.25, 0.3) is 0 Å². The molecule has 0 saturated carbocycles. The highest BCUT2D eigenvalue weighted by Crippen LogP contribution is 2.39. The van der Waals surface area contributed by atoms with Gasteiger partial charge < -0.3 is 24.0 Å². The lowest BCUT2D eigenvalue weighted by atomic mass is 10.1. The number of rotatable bonds is 10. The van der Waals surface area contributed by atoms with Crippen molar-refractivity contribution in [2.75, 3.05) is 24.0 Å². The minimum atomic E-state index is 0.754. The molecule has 0 fully saturated rings. The molecule has 0 aromatic heterocycles. The third-order valence-electron chi connectivity index (χ3n) is 7.63.